The molecule has 0 saturated heterocycles. The SMILES string of the molecule is C#CCN(C)c1ccc(CNC)cn1. The van der Waals surface area contributed by atoms with Crippen LogP contribution in [0.25, 0.3) is 0 Å². The Morgan fingerprint density at radius 1 is 1.57 bits per heavy atom. The third-order valence-corrected chi connectivity index (χ3v) is 1.91. The zero-order valence-electron chi connectivity index (χ0n) is 8.62. The first-order valence-corrected chi connectivity index (χ1v) is 4.52. The van der Waals surface area contributed by atoms with Crippen LogP contribution in [0, 0.1) is 12.3 Å². The Balaban J connectivity index is 2.68. The summed E-state index contributed by atoms with van der Waals surface area (Å²) in [7, 11) is 3.85. The summed E-state index contributed by atoms with van der Waals surface area (Å²) in [5, 5.41) is 3.07. The summed E-state index contributed by atoms with van der Waals surface area (Å²) in [6, 6.07) is 4.02. The van der Waals surface area contributed by atoms with Crippen LogP contribution >= 0.6 is 0 Å². The maximum absolute atomic E-state index is 5.21. The summed E-state index contributed by atoms with van der Waals surface area (Å²) in [5.41, 5.74) is 1.17. The Morgan fingerprint density at radius 2 is 2.36 bits per heavy atom. The summed E-state index contributed by atoms with van der Waals surface area (Å²) < 4.78 is 0. The average Bonchev–Trinajstić information content (AvgIpc) is 2.20. The molecule has 0 aliphatic heterocycles. The van der Waals surface area contributed by atoms with Crippen molar-refractivity contribution >= 4 is 5.82 Å². The molecule has 1 heterocycles. The fourth-order valence-corrected chi connectivity index (χ4v) is 1.17. The number of nitrogens with one attached hydrogen (secondary N) is 1. The van der Waals surface area contributed by atoms with Crippen LogP contribution in [0.5, 0.6) is 0 Å². The van der Waals surface area contributed by atoms with Crippen molar-refractivity contribution in [1.82, 2.24) is 10.3 Å². The van der Waals surface area contributed by atoms with Crippen molar-refractivity contribution in [3.05, 3.63) is 23.9 Å². The second-order valence-electron chi connectivity index (χ2n) is 3.12. The van der Waals surface area contributed by atoms with Gasteiger partial charge < -0.3 is 10.2 Å². The van der Waals surface area contributed by atoms with Gasteiger partial charge in [0, 0.05) is 19.8 Å². The van der Waals surface area contributed by atoms with Gasteiger partial charge in [0.25, 0.3) is 0 Å². The van der Waals surface area contributed by atoms with Crippen LogP contribution < -0.4 is 10.2 Å². The highest BCUT2D eigenvalue weighted by Gasteiger charge is 1.99. The lowest BCUT2D eigenvalue weighted by molar-refractivity contribution is 0.812. The molecule has 1 N–H and O–H groups in total. The molecule has 0 aromatic carbocycles. The zero-order valence-corrected chi connectivity index (χ0v) is 8.62. The summed E-state index contributed by atoms with van der Waals surface area (Å²) in [5.74, 6) is 3.48. The predicted molar refractivity (Wildman–Crippen MR) is 59.1 cm³/mol. The molecule has 0 aliphatic rings. The normalized spacial score (nSPS) is 9.50. The van der Waals surface area contributed by atoms with Crippen molar-refractivity contribution in [2.45, 2.75) is 6.54 Å². The van der Waals surface area contributed by atoms with Gasteiger partial charge in [0.1, 0.15) is 5.82 Å². The van der Waals surface area contributed by atoms with Crippen LogP contribution in [0.15, 0.2) is 18.3 Å². The van der Waals surface area contributed by atoms with Gasteiger partial charge in [-0.25, -0.2) is 4.98 Å². The van der Waals surface area contributed by atoms with Gasteiger partial charge in [-0.2, -0.15) is 0 Å². The molecule has 1 rings (SSSR count). The highest BCUT2D eigenvalue weighted by Crippen LogP contribution is 2.08. The molecule has 0 atom stereocenters. The minimum absolute atomic E-state index is 0.582. The first-order valence-electron chi connectivity index (χ1n) is 4.52. The summed E-state index contributed by atoms with van der Waals surface area (Å²) in [4.78, 5) is 6.24. The summed E-state index contributed by atoms with van der Waals surface area (Å²) >= 11 is 0. The molecule has 0 amide bonds. The number of pyridine rings is 1. The highest BCUT2D eigenvalue weighted by molar-refractivity contribution is 5.39. The van der Waals surface area contributed by atoms with E-state index in [1.807, 2.05) is 37.3 Å². The van der Waals surface area contributed by atoms with Crippen molar-refractivity contribution < 1.29 is 0 Å². The maximum atomic E-state index is 5.21. The molecule has 74 valence electrons. The molecule has 14 heavy (non-hydrogen) atoms. The fourth-order valence-electron chi connectivity index (χ4n) is 1.17. The van der Waals surface area contributed by atoms with Gasteiger partial charge in [0.2, 0.25) is 0 Å². The van der Waals surface area contributed by atoms with E-state index in [-0.39, 0.29) is 0 Å². The van der Waals surface area contributed by atoms with Crippen molar-refractivity contribution in [3.63, 3.8) is 0 Å². The molecule has 0 aliphatic carbocycles. The lowest BCUT2D eigenvalue weighted by Crippen LogP contribution is -2.18. The Hall–Kier alpha value is -1.53. The molecule has 3 heteroatoms. The minimum atomic E-state index is 0.582. The van der Waals surface area contributed by atoms with Crippen LogP contribution in [0.1, 0.15) is 5.56 Å². The van der Waals surface area contributed by atoms with E-state index in [0.29, 0.717) is 6.54 Å². The van der Waals surface area contributed by atoms with Gasteiger partial charge in [-0.1, -0.05) is 12.0 Å². The standard InChI is InChI=1S/C11H15N3/c1-4-7-14(3)11-6-5-10(8-12-2)9-13-11/h1,5-6,9,12H,7-8H2,2-3H3. The van der Waals surface area contributed by atoms with E-state index in [2.05, 4.69) is 16.2 Å². The van der Waals surface area contributed by atoms with Crippen molar-refractivity contribution in [2.24, 2.45) is 0 Å². The Bertz CT molecular complexity index is 310. The number of aromatic nitrogens is 1. The largest absolute Gasteiger partial charge is 0.349 e. The number of nitrogens with zero attached hydrogens (tertiary/aromatic N) is 2. The van der Waals surface area contributed by atoms with Gasteiger partial charge in [-0.15, -0.1) is 6.42 Å². The molecule has 0 spiro atoms. The number of hydrogen-bond donors (Lipinski definition) is 1. The van der Waals surface area contributed by atoms with Crippen molar-refractivity contribution in [1.29, 1.82) is 0 Å². The van der Waals surface area contributed by atoms with E-state index in [1.165, 1.54) is 5.56 Å². The van der Waals surface area contributed by atoms with E-state index < -0.39 is 0 Å². The molecule has 0 unspecified atom stereocenters. The summed E-state index contributed by atoms with van der Waals surface area (Å²) in [6.45, 7) is 1.42. The van der Waals surface area contributed by atoms with Gasteiger partial charge in [0.15, 0.2) is 0 Å². The second kappa shape index (κ2) is 5.25. The lowest BCUT2D eigenvalue weighted by Gasteiger charge is -2.14. The molecule has 0 radical (unpaired) electrons. The van der Waals surface area contributed by atoms with Crippen LogP contribution in [-0.2, 0) is 6.54 Å². The highest BCUT2D eigenvalue weighted by atomic mass is 15.1. The molecule has 0 saturated carbocycles. The van der Waals surface area contributed by atoms with Crippen molar-refractivity contribution in [3.8, 4) is 12.3 Å². The number of anilines is 1. The average molecular weight is 189 g/mol. The predicted octanol–water partition coefficient (Wildman–Crippen LogP) is 0.870. The van der Waals surface area contributed by atoms with Gasteiger partial charge in [-0.3, -0.25) is 0 Å². The maximum Gasteiger partial charge on any atom is 0.129 e. The molecule has 0 fully saturated rings. The molecular formula is C11H15N3. The topological polar surface area (TPSA) is 28.2 Å². The third-order valence-electron chi connectivity index (χ3n) is 1.91. The van der Waals surface area contributed by atoms with Crippen LogP contribution in [0.3, 0.4) is 0 Å². The molecular weight excluding hydrogens is 174 g/mol. The molecule has 3 nitrogen and oxygen atoms in total. The number of rotatable bonds is 4. The van der Waals surface area contributed by atoms with E-state index in [0.717, 1.165) is 12.4 Å². The Morgan fingerprint density at radius 3 is 2.86 bits per heavy atom. The number of terminal acetylenes is 1. The first-order chi connectivity index (χ1) is 6.77. The Kier molecular flexibility index (Phi) is 3.96. The van der Waals surface area contributed by atoms with Crippen LogP contribution in [0.4, 0.5) is 5.82 Å². The second-order valence-corrected chi connectivity index (χ2v) is 3.12. The quantitative estimate of drug-likeness (QED) is 0.712. The van der Waals surface area contributed by atoms with E-state index in [9.17, 15) is 0 Å². The zero-order chi connectivity index (χ0) is 10.4. The Labute approximate surface area is 85.1 Å². The molecule has 1 aromatic heterocycles. The number of hydrogen-bond acceptors (Lipinski definition) is 3. The van der Waals surface area contributed by atoms with Crippen molar-refractivity contribution in [2.75, 3.05) is 25.5 Å². The van der Waals surface area contributed by atoms with Gasteiger partial charge in [0.05, 0.1) is 6.54 Å². The monoisotopic (exact) mass is 189 g/mol. The van der Waals surface area contributed by atoms with Gasteiger partial charge in [-0.05, 0) is 18.7 Å². The van der Waals surface area contributed by atoms with E-state index >= 15 is 0 Å². The summed E-state index contributed by atoms with van der Waals surface area (Å²) in [6.07, 6.45) is 7.07. The van der Waals surface area contributed by atoms with Crippen LogP contribution in [0.2, 0.25) is 0 Å². The van der Waals surface area contributed by atoms with Gasteiger partial charge >= 0.3 is 0 Å². The molecule has 0 bridgehead atoms. The molecule has 1 aromatic rings. The smallest absolute Gasteiger partial charge is 0.129 e. The van der Waals surface area contributed by atoms with E-state index in [4.69, 9.17) is 6.42 Å². The van der Waals surface area contributed by atoms with Crippen LogP contribution in [-0.4, -0.2) is 25.6 Å². The third kappa shape index (κ3) is 2.75. The van der Waals surface area contributed by atoms with E-state index in [1.54, 1.807) is 0 Å². The minimum Gasteiger partial charge on any atom is -0.349 e. The fraction of sp³-hybridized carbons (Fsp3) is 0.364. The first kappa shape index (κ1) is 10.6. The lowest BCUT2D eigenvalue weighted by atomic mass is 10.3.